The van der Waals surface area contributed by atoms with Crippen molar-refractivity contribution in [3.05, 3.63) is 4.91 Å². The standard InChI is InChI=1S/C9H17N3O/c13-11-12-6-2-4-9(12)8-3-1-5-10-7-8/h8-10H,1-7H2/t8?,9-/m0/s1. The van der Waals surface area contributed by atoms with E-state index < -0.39 is 0 Å². The zero-order valence-corrected chi connectivity index (χ0v) is 7.91. The fourth-order valence-corrected chi connectivity index (χ4v) is 2.56. The summed E-state index contributed by atoms with van der Waals surface area (Å²) in [6, 6.07) is 0.422. The molecule has 74 valence electrons. The maximum atomic E-state index is 10.5. The van der Waals surface area contributed by atoms with E-state index in [1.54, 1.807) is 5.01 Å². The Morgan fingerprint density at radius 2 is 2.23 bits per heavy atom. The minimum Gasteiger partial charge on any atom is -0.316 e. The van der Waals surface area contributed by atoms with Gasteiger partial charge in [0, 0.05) is 6.54 Å². The first-order chi connectivity index (χ1) is 6.42. The first-order valence-corrected chi connectivity index (χ1v) is 5.22. The summed E-state index contributed by atoms with van der Waals surface area (Å²) in [6.07, 6.45) is 4.78. The van der Waals surface area contributed by atoms with Crippen LogP contribution in [0.3, 0.4) is 0 Å². The van der Waals surface area contributed by atoms with Crippen LogP contribution in [0.2, 0.25) is 0 Å². The van der Waals surface area contributed by atoms with E-state index in [1.165, 1.54) is 12.8 Å². The van der Waals surface area contributed by atoms with E-state index in [0.717, 1.165) is 32.5 Å². The van der Waals surface area contributed by atoms with E-state index in [2.05, 4.69) is 10.6 Å². The molecule has 2 rings (SSSR count). The van der Waals surface area contributed by atoms with E-state index in [0.29, 0.717) is 12.0 Å². The Morgan fingerprint density at radius 3 is 2.92 bits per heavy atom. The summed E-state index contributed by atoms with van der Waals surface area (Å²) in [5.41, 5.74) is 0. The molecule has 2 aliphatic rings. The van der Waals surface area contributed by atoms with Crippen LogP contribution >= 0.6 is 0 Å². The van der Waals surface area contributed by atoms with Crippen molar-refractivity contribution in [2.24, 2.45) is 11.2 Å². The zero-order valence-electron chi connectivity index (χ0n) is 7.91. The normalized spacial score (nSPS) is 34.9. The molecule has 2 fully saturated rings. The smallest absolute Gasteiger partial charge is 0.0543 e. The Bertz CT molecular complexity index is 180. The molecule has 0 radical (unpaired) electrons. The second-order valence-electron chi connectivity index (χ2n) is 4.06. The predicted octanol–water partition coefficient (Wildman–Crippen LogP) is 1.13. The van der Waals surface area contributed by atoms with Crippen LogP contribution < -0.4 is 5.32 Å². The van der Waals surface area contributed by atoms with E-state index in [4.69, 9.17) is 0 Å². The number of rotatable bonds is 2. The molecule has 0 aliphatic carbocycles. The average molecular weight is 183 g/mol. The molecule has 4 nitrogen and oxygen atoms in total. The number of piperidine rings is 1. The highest BCUT2D eigenvalue weighted by Gasteiger charge is 2.32. The molecule has 0 aromatic rings. The summed E-state index contributed by atoms with van der Waals surface area (Å²) in [6.45, 7) is 3.07. The quantitative estimate of drug-likeness (QED) is 0.653. The van der Waals surface area contributed by atoms with E-state index in [1.807, 2.05) is 0 Å². The molecule has 2 heterocycles. The molecule has 0 amide bonds. The van der Waals surface area contributed by atoms with Gasteiger partial charge in [-0.25, -0.2) is 0 Å². The lowest BCUT2D eigenvalue weighted by atomic mass is 9.91. The highest BCUT2D eigenvalue weighted by molar-refractivity contribution is 4.86. The molecule has 2 saturated heterocycles. The van der Waals surface area contributed by atoms with Gasteiger partial charge >= 0.3 is 0 Å². The number of nitroso groups, excluding NO2 is 1. The van der Waals surface area contributed by atoms with E-state index in [-0.39, 0.29) is 0 Å². The Kier molecular flexibility index (Phi) is 2.78. The Hall–Kier alpha value is -0.640. The molecule has 13 heavy (non-hydrogen) atoms. The van der Waals surface area contributed by atoms with Crippen LogP contribution in [0.15, 0.2) is 5.29 Å². The van der Waals surface area contributed by atoms with Crippen molar-refractivity contribution in [2.45, 2.75) is 31.7 Å². The van der Waals surface area contributed by atoms with Crippen molar-refractivity contribution in [1.82, 2.24) is 10.3 Å². The Labute approximate surface area is 78.6 Å². The monoisotopic (exact) mass is 183 g/mol. The van der Waals surface area contributed by atoms with Gasteiger partial charge in [0.25, 0.3) is 0 Å². The van der Waals surface area contributed by atoms with Crippen molar-refractivity contribution >= 4 is 0 Å². The SMILES string of the molecule is O=NN1CCC[C@H]1C1CCCNC1. The second kappa shape index (κ2) is 4.05. The molecule has 0 bridgehead atoms. The summed E-state index contributed by atoms with van der Waals surface area (Å²) >= 11 is 0. The summed E-state index contributed by atoms with van der Waals surface area (Å²) in [4.78, 5) is 10.5. The van der Waals surface area contributed by atoms with Crippen LogP contribution in [-0.2, 0) is 0 Å². The van der Waals surface area contributed by atoms with Crippen molar-refractivity contribution in [1.29, 1.82) is 0 Å². The molecule has 0 aromatic carbocycles. The van der Waals surface area contributed by atoms with Crippen LogP contribution in [0.1, 0.15) is 25.7 Å². The number of nitrogens with one attached hydrogen (secondary N) is 1. The summed E-state index contributed by atoms with van der Waals surface area (Å²) < 4.78 is 0. The lowest BCUT2D eigenvalue weighted by Crippen LogP contribution is -2.41. The van der Waals surface area contributed by atoms with Crippen molar-refractivity contribution < 1.29 is 0 Å². The first kappa shape index (κ1) is 8.94. The first-order valence-electron chi connectivity index (χ1n) is 5.22. The van der Waals surface area contributed by atoms with Gasteiger partial charge in [-0.3, -0.25) is 5.01 Å². The Balaban J connectivity index is 1.93. The van der Waals surface area contributed by atoms with Crippen LogP contribution in [0.25, 0.3) is 0 Å². The molecule has 0 saturated carbocycles. The Morgan fingerprint density at radius 1 is 1.31 bits per heavy atom. The van der Waals surface area contributed by atoms with Gasteiger partial charge in [0.15, 0.2) is 0 Å². The fraction of sp³-hybridized carbons (Fsp3) is 1.00. The van der Waals surface area contributed by atoms with Gasteiger partial charge in [0.05, 0.1) is 11.3 Å². The third kappa shape index (κ3) is 1.82. The van der Waals surface area contributed by atoms with Crippen molar-refractivity contribution in [2.75, 3.05) is 19.6 Å². The maximum Gasteiger partial charge on any atom is 0.0543 e. The van der Waals surface area contributed by atoms with Crippen LogP contribution in [0.4, 0.5) is 0 Å². The molecule has 2 atom stereocenters. The van der Waals surface area contributed by atoms with Gasteiger partial charge in [0.2, 0.25) is 0 Å². The van der Waals surface area contributed by atoms with Gasteiger partial charge in [-0.15, -0.1) is 4.91 Å². The fourth-order valence-electron chi connectivity index (χ4n) is 2.56. The van der Waals surface area contributed by atoms with Gasteiger partial charge in [0.1, 0.15) is 0 Å². The molecule has 0 spiro atoms. The van der Waals surface area contributed by atoms with E-state index >= 15 is 0 Å². The third-order valence-electron chi connectivity index (χ3n) is 3.25. The molecular formula is C9H17N3O. The predicted molar refractivity (Wildman–Crippen MR) is 51.1 cm³/mol. The number of hydrogen-bond acceptors (Lipinski definition) is 3. The minimum absolute atomic E-state index is 0.422. The maximum absolute atomic E-state index is 10.5. The van der Waals surface area contributed by atoms with Crippen molar-refractivity contribution in [3.63, 3.8) is 0 Å². The summed E-state index contributed by atoms with van der Waals surface area (Å²) in [5.74, 6) is 0.647. The highest BCUT2D eigenvalue weighted by atomic mass is 16.3. The number of nitrogens with zero attached hydrogens (tertiary/aromatic N) is 2. The lowest BCUT2D eigenvalue weighted by Gasteiger charge is -2.31. The topological polar surface area (TPSA) is 44.7 Å². The average Bonchev–Trinajstić information content (AvgIpc) is 2.67. The zero-order chi connectivity index (χ0) is 9.10. The molecule has 4 heteroatoms. The van der Waals surface area contributed by atoms with Gasteiger partial charge in [-0.05, 0) is 44.7 Å². The molecular weight excluding hydrogens is 166 g/mol. The molecule has 1 unspecified atom stereocenters. The largest absolute Gasteiger partial charge is 0.316 e. The summed E-state index contributed by atoms with van der Waals surface area (Å²) in [7, 11) is 0. The van der Waals surface area contributed by atoms with Crippen LogP contribution in [-0.4, -0.2) is 30.7 Å². The van der Waals surface area contributed by atoms with Gasteiger partial charge < -0.3 is 5.32 Å². The van der Waals surface area contributed by atoms with Crippen LogP contribution in [0.5, 0.6) is 0 Å². The minimum atomic E-state index is 0.422. The van der Waals surface area contributed by atoms with Gasteiger partial charge in [-0.2, -0.15) is 0 Å². The second-order valence-corrected chi connectivity index (χ2v) is 4.06. The van der Waals surface area contributed by atoms with E-state index in [9.17, 15) is 4.91 Å². The summed E-state index contributed by atoms with van der Waals surface area (Å²) in [5, 5.41) is 8.23. The molecule has 2 aliphatic heterocycles. The lowest BCUT2D eigenvalue weighted by molar-refractivity contribution is 0.169. The van der Waals surface area contributed by atoms with Crippen LogP contribution in [0, 0.1) is 10.8 Å². The molecule has 1 N–H and O–H groups in total. The van der Waals surface area contributed by atoms with Gasteiger partial charge in [-0.1, -0.05) is 0 Å². The molecule has 0 aromatic heterocycles. The highest BCUT2D eigenvalue weighted by Crippen LogP contribution is 2.27. The number of hydrogen-bond donors (Lipinski definition) is 1. The van der Waals surface area contributed by atoms with Crippen molar-refractivity contribution in [3.8, 4) is 0 Å². The third-order valence-corrected chi connectivity index (χ3v) is 3.25.